The summed E-state index contributed by atoms with van der Waals surface area (Å²) < 4.78 is 5.24. The first kappa shape index (κ1) is 16.1. The van der Waals surface area contributed by atoms with Crippen LogP contribution in [0.15, 0.2) is 11.1 Å². The van der Waals surface area contributed by atoms with Gasteiger partial charge in [0.2, 0.25) is 0 Å². The highest BCUT2D eigenvalue weighted by atomic mass is 16.6. The van der Waals surface area contributed by atoms with Crippen LogP contribution in [0.4, 0.5) is 0 Å². The second-order valence-corrected chi connectivity index (χ2v) is 5.16. The van der Waals surface area contributed by atoms with E-state index >= 15 is 0 Å². The Balaban J connectivity index is 2.30. The van der Waals surface area contributed by atoms with Crippen LogP contribution >= 0.6 is 0 Å². The quantitative estimate of drug-likeness (QED) is 0.439. The maximum atomic E-state index is 12.2. The number of ether oxygens (including phenoxy) is 1. The highest BCUT2D eigenvalue weighted by Crippen LogP contribution is 2.30. The van der Waals surface area contributed by atoms with Gasteiger partial charge in [-0.2, -0.15) is 0 Å². The Labute approximate surface area is 121 Å². The van der Waals surface area contributed by atoms with Crippen molar-refractivity contribution in [2.24, 2.45) is 0 Å². The zero-order valence-electron chi connectivity index (χ0n) is 11.8. The number of nitrogens with zero attached hydrogens (tertiary/aromatic N) is 1. The average molecular weight is 301 g/mol. The van der Waals surface area contributed by atoms with Crippen LogP contribution < -0.4 is 0 Å². The molecule has 0 aromatic rings. The largest absolute Gasteiger partial charge is 0.394 e. The maximum absolute atomic E-state index is 12.2. The number of carbonyl (C=O) groups is 2. The summed E-state index contributed by atoms with van der Waals surface area (Å²) in [4.78, 5) is 25.1. The lowest BCUT2D eigenvalue weighted by Gasteiger charge is -2.42. The maximum Gasteiger partial charge on any atom is 0.259 e. The van der Waals surface area contributed by atoms with E-state index in [1.54, 1.807) is 6.92 Å². The highest BCUT2D eigenvalue weighted by Gasteiger charge is 2.51. The molecule has 5 unspecified atom stereocenters. The minimum atomic E-state index is -1.65. The topological polar surface area (TPSA) is 128 Å². The summed E-state index contributed by atoms with van der Waals surface area (Å²) in [7, 11) is 0. The van der Waals surface area contributed by atoms with Crippen molar-refractivity contribution < 1.29 is 34.8 Å². The van der Waals surface area contributed by atoms with Crippen LogP contribution in [0.1, 0.15) is 20.3 Å². The predicted octanol–water partition coefficient (Wildman–Crippen LogP) is -2.12. The number of aliphatic hydroxyl groups excluding tert-OH is 4. The molecule has 4 N–H and O–H groups in total. The molecular weight excluding hydrogens is 282 g/mol. The molecule has 2 aliphatic heterocycles. The van der Waals surface area contributed by atoms with Crippen molar-refractivity contribution in [2.45, 2.75) is 50.9 Å². The first-order valence-corrected chi connectivity index (χ1v) is 6.73. The molecular formula is C13H19NO7. The van der Waals surface area contributed by atoms with Gasteiger partial charge in [0.25, 0.3) is 11.8 Å². The van der Waals surface area contributed by atoms with Gasteiger partial charge in [-0.1, -0.05) is 6.92 Å². The Bertz CT molecular complexity index is 487. The molecule has 2 amide bonds. The summed E-state index contributed by atoms with van der Waals surface area (Å²) in [5.74, 6) is -1.20. The van der Waals surface area contributed by atoms with E-state index in [2.05, 4.69) is 0 Å². The molecule has 0 radical (unpaired) electrons. The summed E-state index contributed by atoms with van der Waals surface area (Å²) in [5, 5.41) is 38.6. The third-order valence-corrected chi connectivity index (χ3v) is 3.94. The van der Waals surface area contributed by atoms with Gasteiger partial charge in [0.1, 0.15) is 24.4 Å². The van der Waals surface area contributed by atoms with Gasteiger partial charge in [0.15, 0.2) is 6.23 Å². The molecule has 0 aromatic carbocycles. The van der Waals surface area contributed by atoms with Crippen LogP contribution in [0.5, 0.6) is 0 Å². The van der Waals surface area contributed by atoms with Crippen LogP contribution in [0.2, 0.25) is 0 Å². The lowest BCUT2D eigenvalue weighted by Crippen LogP contribution is -2.64. The van der Waals surface area contributed by atoms with E-state index < -0.39 is 49.1 Å². The van der Waals surface area contributed by atoms with Gasteiger partial charge < -0.3 is 25.2 Å². The third-order valence-electron chi connectivity index (χ3n) is 3.94. The van der Waals surface area contributed by atoms with Crippen LogP contribution in [-0.4, -0.2) is 74.4 Å². The van der Waals surface area contributed by atoms with Crippen molar-refractivity contribution in [3.8, 4) is 0 Å². The molecule has 5 atom stereocenters. The van der Waals surface area contributed by atoms with Crippen LogP contribution in [0.25, 0.3) is 0 Å². The summed E-state index contributed by atoms with van der Waals surface area (Å²) in [6.45, 7) is 2.61. The molecule has 2 heterocycles. The SMILES string of the molecule is CCC1=C(C)C(=O)N(C2OC(CO)C(O)C(O)C2O)C1=O. The summed E-state index contributed by atoms with van der Waals surface area (Å²) >= 11 is 0. The Hall–Kier alpha value is -1.32. The van der Waals surface area contributed by atoms with E-state index in [0.717, 1.165) is 4.90 Å². The van der Waals surface area contributed by atoms with Crippen molar-refractivity contribution in [3.05, 3.63) is 11.1 Å². The van der Waals surface area contributed by atoms with Gasteiger partial charge in [-0.05, 0) is 13.3 Å². The number of hydrogen-bond acceptors (Lipinski definition) is 7. The van der Waals surface area contributed by atoms with Crippen LogP contribution in [0.3, 0.4) is 0 Å². The first-order chi connectivity index (χ1) is 9.84. The molecule has 1 fully saturated rings. The normalized spacial score (nSPS) is 37.6. The number of imide groups is 1. The zero-order chi connectivity index (χ0) is 15.9. The van der Waals surface area contributed by atoms with Crippen LogP contribution in [0, 0.1) is 0 Å². The first-order valence-electron chi connectivity index (χ1n) is 6.73. The molecule has 0 spiro atoms. The van der Waals surface area contributed by atoms with E-state index in [4.69, 9.17) is 9.84 Å². The van der Waals surface area contributed by atoms with Crippen molar-refractivity contribution in [2.75, 3.05) is 6.61 Å². The number of aliphatic hydroxyl groups is 4. The summed E-state index contributed by atoms with van der Waals surface area (Å²) in [5.41, 5.74) is 0.580. The molecule has 8 nitrogen and oxygen atoms in total. The molecule has 21 heavy (non-hydrogen) atoms. The zero-order valence-corrected chi connectivity index (χ0v) is 11.8. The number of carbonyl (C=O) groups excluding carboxylic acids is 2. The minimum Gasteiger partial charge on any atom is -0.394 e. The Kier molecular flexibility index (Phi) is 4.45. The molecule has 0 saturated carbocycles. The van der Waals surface area contributed by atoms with Gasteiger partial charge in [-0.3, -0.25) is 9.59 Å². The van der Waals surface area contributed by atoms with E-state index in [1.165, 1.54) is 6.92 Å². The van der Waals surface area contributed by atoms with E-state index in [1.807, 2.05) is 0 Å². The van der Waals surface area contributed by atoms with Crippen molar-refractivity contribution in [1.29, 1.82) is 0 Å². The lowest BCUT2D eigenvalue weighted by molar-refractivity contribution is -0.257. The second-order valence-electron chi connectivity index (χ2n) is 5.16. The number of amides is 2. The second kappa shape index (κ2) is 5.82. The lowest BCUT2D eigenvalue weighted by atomic mass is 9.97. The predicted molar refractivity (Wildman–Crippen MR) is 68.6 cm³/mol. The molecule has 2 aliphatic rings. The van der Waals surface area contributed by atoms with Gasteiger partial charge in [-0.25, -0.2) is 4.90 Å². The van der Waals surface area contributed by atoms with Gasteiger partial charge >= 0.3 is 0 Å². The summed E-state index contributed by atoms with van der Waals surface area (Å²) in [6.07, 6.45) is -7.08. The van der Waals surface area contributed by atoms with E-state index in [9.17, 15) is 24.9 Å². The monoisotopic (exact) mass is 301 g/mol. The smallest absolute Gasteiger partial charge is 0.259 e. The number of hydrogen-bond donors (Lipinski definition) is 4. The Morgan fingerprint density at radius 1 is 1.10 bits per heavy atom. The van der Waals surface area contributed by atoms with Crippen LogP contribution in [-0.2, 0) is 14.3 Å². The molecule has 0 bridgehead atoms. The molecule has 0 aliphatic carbocycles. The summed E-state index contributed by atoms with van der Waals surface area (Å²) in [6, 6.07) is 0. The average Bonchev–Trinajstić information content (AvgIpc) is 2.68. The Morgan fingerprint density at radius 3 is 2.19 bits per heavy atom. The Morgan fingerprint density at radius 2 is 1.71 bits per heavy atom. The fraction of sp³-hybridized carbons (Fsp3) is 0.692. The van der Waals surface area contributed by atoms with Crippen molar-refractivity contribution >= 4 is 11.8 Å². The molecule has 8 heteroatoms. The standard InChI is InChI=1S/C13H19NO7/c1-3-6-5(2)11(19)14(12(6)20)13-10(18)9(17)8(16)7(4-15)21-13/h7-10,13,15-18H,3-4H2,1-2H3. The van der Waals surface area contributed by atoms with Crippen molar-refractivity contribution in [1.82, 2.24) is 4.90 Å². The third kappa shape index (κ3) is 2.39. The highest BCUT2D eigenvalue weighted by molar-refractivity contribution is 6.19. The molecule has 1 saturated heterocycles. The van der Waals surface area contributed by atoms with E-state index in [0.29, 0.717) is 12.0 Å². The van der Waals surface area contributed by atoms with E-state index in [-0.39, 0.29) is 5.57 Å². The fourth-order valence-corrected chi connectivity index (χ4v) is 2.65. The molecule has 118 valence electrons. The van der Waals surface area contributed by atoms with Gasteiger partial charge in [0.05, 0.1) is 6.61 Å². The van der Waals surface area contributed by atoms with Gasteiger partial charge in [-0.15, -0.1) is 0 Å². The molecule has 2 rings (SSSR count). The molecule has 0 aromatic heterocycles. The van der Waals surface area contributed by atoms with Gasteiger partial charge in [0, 0.05) is 11.1 Å². The van der Waals surface area contributed by atoms with Crippen molar-refractivity contribution in [3.63, 3.8) is 0 Å². The minimum absolute atomic E-state index is 0.263. The fourth-order valence-electron chi connectivity index (χ4n) is 2.65. The number of rotatable bonds is 3.